The second-order valence-electron chi connectivity index (χ2n) is 10.3. The highest BCUT2D eigenvalue weighted by atomic mass is 32.1. The number of carbonyl (C=O) groups excluding carboxylic acids is 4. The maximum Gasteiger partial charge on any atom is 0.271 e. The Morgan fingerprint density at radius 2 is 1.58 bits per heavy atom. The molecule has 0 aromatic carbocycles. The monoisotopic (exact) mass is 550 g/mol. The summed E-state index contributed by atoms with van der Waals surface area (Å²) >= 11 is 1.24. The normalized spacial score (nSPS) is 30.6. The van der Waals surface area contributed by atoms with Crippen molar-refractivity contribution >= 4 is 40.9 Å². The highest BCUT2D eigenvalue weighted by Crippen LogP contribution is 2.29. The molecule has 8 unspecified atom stereocenters. The fourth-order valence-electron chi connectivity index (χ4n) is 4.19. The lowest BCUT2D eigenvalue weighted by Crippen LogP contribution is -2.59. The molecule has 2 aliphatic rings. The van der Waals surface area contributed by atoms with Gasteiger partial charge in [0.15, 0.2) is 6.04 Å². The van der Waals surface area contributed by atoms with E-state index >= 15 is 0 Å². The van der Waals surface area contributed by atoms with Gasteiger partial charge in [-0.3, -0.25) is 19.2 Å². The SMILES string of the molecule is CCC(C)C1NC(=O)C2N=C(OC2C)C(C(C)C)NC(=O)C(C(C)O)NC(=O)C(C)NC(=O)c2csc1n2. The van der Waals surface area contributed by atoms with Crippen molar-refractivity contribution in [2.45, 2.75) is 97.3 Å². The van der Waals surface area contributed by atoms with Crippen molar-refractivity contribution in [2.24, 2.45) is 16.8 Å². The molecule has 5 N–H and O–H groups in total. The zero-order valence-electron chi connectivity index (χ0n) is 22.8. The summed E-state index contributed by atoms with van der Waals surface area (Å²) < 4.78 is 5.94. The van der Waals surface area contributed by atoms with Crippen molar-refractivity contribution in [1.29, 1.82) is 0 Å². The second-order valence-corrected chi connectivity index (χ2v) is 11.2. The first-order valence-electron chi connectivity index (χ1n) is 12.9. The van der Waals surface area contributed by atoms with E-state index in [4.69, 9.17) is 4.74 Å². The van der Waals surface area contributed by atoms with Crippen LogP contribution in [-0.2, 0) is 19.1 Å². The van der Waals surface area contributed by atoms with E-state index in [0.29, 0.717) is 5.01 Å². The van der Waals surface area contributed by atoms with Gasteiger partial charge in [0.25, 0.3) is 5.91 Å². The lowest BCUT2D eigenvalue weighted by Gasteiger charge is -2.27. The van der Waals surface area contributed by atoms with Crippen LogP contribution in [0.15, 0.2) is 10.4 Å². The Morgan fingerprint density at radius 1 is 0.947 bits per heavy atom. The molecule has 0 spiro atoms. The van der Waals surface area contributed by atoms with Gasteiger partial charge >= 0.3 is 0 Å². The smallest absolute Gasteiger partial charge is 0.271 e. The molecule has 3 heterocycles. The van der Waals surface area contributed by atoms with E-state index in [1.165, 1.54) is 25.2 Å². The summed E-state index contributed by atoms with van der Waals surface area (Å²) in [5, 5.41) is 23.3. The minimum atomic E-state index is -1.30. The second kappa shape index (κ2) is 12.2. The van der Waals surface area contributed by atoms with Crippen LogP contribution in [0.4, 0.5) is 0 Å². The third-order valence-electron chi connectivity index (χ3n) is 6.85. The molecule has 38 heavy (non-hydrogen) atoms. The minimum absolute atomic E-state index is 0.0116. The van der Waals surface area contributed by atoms with E-state index in [2.05, 4.69) is 31.2 Å². The van der Waals surface area contributed by atoms with E-state index in [-0.39, 0.29) is 29.3 Å². The third kappa shape index (κ3) is 6.49. The Balaban J connectivity index is 2.04. The van der Waals surface area contributed by atoms with Crippen molar-refractivity contribution in [3.8, 4) is 0 Å². The minimum Gasteiger partial charge on any atom is -0.474 e. The number of nitrogens with zero attached hydrogens (tertiary/aromatic N) is 2. The number of thiazole rings is 1. The average Bonchev–Trinajstić information content (AvgIpc) is 3.49. The van der Waals surface area contributed by atoms with Crippen molar-refractivity contribution in [3.63, 3.8) is 0 Å². The van der Waals surface area contributed by atoms with E-state index < -0.39 is 60.1 Å². The predicted octanol–water partition coefficient (Wildman–Crippen LogP) is 0.671. The van der Waals surface area contributed by atoms with E-state index in [0.717, 1.165) is 6.42 Å². The van der Waals surface area contributed by atoms with Gasteiger partial charge in [-0.05, 0) is 32.6 Å². The number of carbonyl (C=O) groups is 4. The number of ether oxygens (including phenoxy) is 1. The number of nitrogens with one attached hydrogen (secondary N) is 4. The van der Waals surface area contributed by atoms with Crippen molar-refractivity contribution in [2.75, 3.05) is 0 Å². The quantitative estimate of drug-likeness (QED) is 0.367. The fraction of sp³-hybridized carbons (Fsp3) is 0.680. The van der Waals surface area contributed by atoms with Gasteiger partial charge in [0, 0.05) is 5.38 Å². The molecule has 12 nitrogen and oxygen atoms in total. The van der Waals surface area contributed by atoms with Gasteiger partial charge in [0.05, 0.1) is 12.1 Å². The molecule has 1 aromatic heterocycles. The van der Waals surface area contributed by atoms with Crippen LogP contribution in [0.2, 0.25) is 0 Å². The van der Waals surface area contributed by atoms with Crippen LogP contribution in [0.5, 0.6) is 0 Å². The molecule has 0 radical (unpaired) electrons. The number of hydrogen-bond donors (Lipinski definition) is 5. The number of aliphatic hydroxyl groups excluding tert-OH is 1. The number of hydrogen-bond acceptors (Lipinski definition) is 9. The van der Waals surface area contributed by atoms with Crippen LogP contribution >= 0.6 is 11.3 Å². The zero-order valence-corrected chi connectivity index (χ0v) is 23.6. The summed E-state index contributed by atoms with van der Waals surface area (Å²) in [7, 11) is 0. The van der Waals surface area contributed by atoms with Crippen LogP contribution in [0, 0.1) is 11.8 Å². The first-order chi connectivity index (χ1) is 17.8. The van der Waals surface area contributed by atoms with Crippen molar-refractivity contribution in [3.05, 3.63) is 16.1 Å². The number of fused-ring (bicyclic) bond motifs is 3. The molecule has 8 atom stereocenters. The molecule has 0 fully saturated rings. The Hall–Kier alpha value is -3.06. The van der Waals surface area contributed by atoms with Gasteiger partial charge < -0.3 is 31.1 Å². The van der Waals surface area contributed by atoms with Gasteiger partial charge in [0.1, 0.15) is 34.9 Å². The summed E-state index contributed by atoms with van der Waals surface area (Å²) in [6.07, 6.45) is -1.07. The summed E-state index contributed by atoms with van der Waals surface area (Å²) in [4.78, 5) is 61.2. The summed E-state index contributed by atoms with van der Waals surface area (Å²) in [6, 6.07) is -4.34. The molecule has 4 amide bonds. The number of aliphatic hydroxyl groups is 1. The third-order valence-corrected chi connectivity index (χ3v) is 7.78. The molecule has 13 heteroatoms. The molecule has 4 bridgehead atoms. The molecule has 2 aliphatic heterocycles. The maximum absolute atomic E-state index is 13.4. The molecular formula is C25H38N6O6S. The lowest BCUT2D eigenvalue weighted by molar-refractivity contribution is -0.132. The van der Waals surface area contributed by atoms with Crippen LogP contribution in [0.3, 0.4) is 0 Å². The maximum atomic E-state index is 13.4. The zero-order chi connectivity index (χ0) is 28.3. The summed E-state index contributed by atoms with van der Waals surface area (Å²) in [5.74, 6) is -2.19. The van der Waals surface area contributed by atoms with Crippen LogP contribution < -0.4 is 21.3 Å². The van der Waals surface area contributed by atoms with Crippen molar-refractivity contribution < 1.29 is 29.0 Å². The fourth-order valence-corrected chi connectivity index (χ4v) is 5.17. The number of amides is 4. The molecule has 210 valence electrons. The number of rotatable bonds is 4. The Kier molecular flexibility index (Phi) is 9.47. The Labute approximate surface area is 226 Å². The van der Waals surface area contributed by atoms with Gasteiger partial charge in [-0.25, -0.2) is 9.98 Å². The van der Waals surface area contributed by atoms with Gasteiger partial charge in [-0.1, -0.05) is 34.1 Å². The highest BCUT2D eigenvalue weighted by molar-refractivity contribution is 7.09. The average molecular weight is 551 g/mol. The number of aliphatic imine (C=N–C) groups is 1. The van der Waals surface area contributed by atoms with Crippen molar-refractivity contribution in [1.82, 2.24) is 26.3 Å². The van der Waals surface area contributed by atoms with Gasteiger partial charge in [0.2, 0.25) is 23.6 Å². The first-order valence-corrected chi connectivity index (χ1v) is 13.8. The van der Waals surface area contributed by atoms with Crippen LogP contribution in [0.1, 0.15) is 76.4 Å². The predicted molar refractivity (Wildman–Crippen MR) is 142 cm³/mol. The molecule has 0 saturated carbocycles. The van der Waals surface area contributed by atoms with Gasteiger partial charge in [-0.15, -0.1) is 11.3 Å². The largest absolute Gasteiger partial charge is 0.474 e. The Bertz CT molecular complexity index is 1090. The van der Waals surface area contributed by atoms with E-state index in [1.54, 1.807) is 12.3 Å². The summed E-state index contributed by atoms with van der Waals surface area (Å²) in [6.45, 7) is 12.3. The Morgan fingerprint density at radius 3 is 2.18 bits per heavy atom. The first kappa shape index (κ1) is 29.5. The molecule has 3 rings (SSSR count). The molecule has 1 aromatic rings. The standard InChI is InChI=1S/C25H38N6O6S/c1-8-11(4)17-25-27-15(9-38-25)21(34)26-12(5)20(33)30-18(13(6)32)22(35)28-16(10(2)3)24-31-19(14(7)37-24)23(36)29-17/h9-14,16-19,32H,8H2,1-7H3,(H,26,34)(H,28,35)(H,29,36)(H,30,33). The summed E-state index contributed by atoms with van der Waals surface area (Å²) in [5.41, 5.74) is 0.107. The van der Waals surface area contributed by atoms with Gasteiger partial charge in [-0.2, -0.15) is 0 Å². The topological polar surface area (TPSA) is 171 Å². The lowest BCUT2D eigenvalue weighted by atomic mass is 9.99. The number of aromatic nitrogens is 1. The van der Waals surface area contributed by atoms with E-state index in [1.807, 2.05) is 27.7 Å². The molecule has 0 saturated heterocycles. The van der Waals surface area contributed by atoms with Crippen LogP contribution in [0.25, 0.3) is 0 Å². The molecule has 0 aliphatic carbocycles. The highest BCUT2D eigenvalue weighted by Gasteiger charge is 2.40. The van der Waals surface area contributed by atoms with E-state index in [9.17, 15) is 24.3 Å². The van der Waals surface area contributed by atoms with Crippen LogP contribution in [-0.4, -0.2) is 76.0 Å². The molecular weight excluding hydrogens is 512 g/mol.